The smallest absolute Gasteiger partial charge is 0.251 e. The standard InChI is InChI=1S/C32H32N4O4/c37-25-18-15-24(16-19-25)32(39)34-28(31-33-27-20-17-23-11-7-8-12-26(23)30(27)35-31)13-5-2-6-14-29(38)36-40-21-22-9-3-1-4-10-22/h1,3-4,7-12,15-20,28,37H,2,5-6,13-14,21H2,(H,33,35)(H,34,39)(H,36,38)/t28-/m0/s1. The van der Waals surface area contributed by atoms with E-state index < -0.39 is 0 Å². The maximum Gasteiger partial charge on any atom is 0.251 e. The molecular formula is C32H32N4O4. The Morgan fingerprint density at radius 2 is 1.65 bits per heavy atom. The Kier molecular flexibility index (Phi) is 8.68. The predicted octanol–water partition coefficient (Wildman–Crippen LogP) is 6.09. The van der Waals surface area contributed by atoms with E-state index in [1.807, 2.05) is 54.6 Å². The quantitative estimate of drug-likeness (QED) is 0.114. The topological polar surface area (TPSA) is 116 Å². The van der Waals surface area contributed by atoms with Crippen molar-refractivity contribution < 1.29 is 19.5 Å². The van der Waals surface area contributed by atoms with Gasteiger partial charge in [-0.25, -0.2) is 10.5 Å². The number of hydrogen-bond acceptors (Lipinski definition) is 5. The Morgan fingerprint density at radius 1 is 0.875 bits per heavy atom. The van der Waals surface area contributed by atoms with E-state index in [1.165, 1.54) is 12.1 Å². The zero-order valence-electron chi connectivity index (χ0n) is 22.1. The fraction of sp³-hybridized carbons (Fsp3) is 0.219. The molecule has 1 atom stereocenters. The Morgan fingerprint density at radius 3 is 2.48 bits per heavy atom. The van der Waals surface area contributed by atoms with Gasteiger partial charge in [-0.1, -0.05) is 73.5 Å². The van der Waals surface area contributed by atoms with Crippen molar-refractivity contribution in [1.29, 1.82) is 0 Å². The summed E-state index contributed by atoms with van der Waals surface area (Å²) in [5.74, 6) is 0.389. The van der Waals surface area contributed by atoms with E-state index in [-0.39, 0.29) is 23.6 Å². The molecule has 0 saturated heterocycles. The van der Waals surface area contributed by atoms with E-state index >= 15 is 0 Å². The summed E-state index contributed by atoms with van der Waals surface area (Å²) >= 11 is 0. The van der Waals surface area contributed by atoms with Crippen molar-refractivity contribution in [2.24, 2.45) is 0 Å². The molecule has 0 saturated carbocycles. The summed E-state index contributed by atoms with van der Waals surface area (Å²) < 4.78 is 0. The van der Waals surface area contributed by atoms with Crippen LogP contribution in [0.2, 0.25) is 0 Å². The monoisotopic (exact) mass is 536 g/mol. The first-order valence-corrected chi connectivity index (χ1v) is 13.5. The highest BCUT2D eigenvalue weighted by molar-refractivity contribution is 6.04. The first kappa shape index (κ1) is 26.9. The third-order valence-corrected chi connectivity index (χ3v) is 6.82. The van der Waals surface area contributed by atoms with Crippen molar-refractivity contribution >= 4 is 33.6 Å². The van der Waals surface area contributed by atoms with E-state index in [0.29, 0.717) is 37.3 Å². The Balaban J connectivity index is 1.20. The molecule has 4 aromatic carbocycles. The van der Waals surface area contributed by atoms with Crippen molar-refractivity contribution in [3.05, 3.63) is 108 Å². The van der Waals surface area contributed by atoms with Crippen LogP contribution in [0, 0.1) is 0 Å². The van der Waals surface area contributed by atoms with Crippen molar-refractivity contribution in [1.82, 2.24) is 20.8 Å². The van der Waals surface area contributed by atoms with Crippen LogP contribution in [-0.2, 0) is 16.2 Å². The fourth-order valence-corrected chi connectivity index (χ4v) is 4.70. The van der Waals surface area contributed by atoms with Gasteiger partial charge in [0.25, 0.3) is 5.91 Å². The summed E-state index contributed by atoms with van der Waals surface area (Å²) in [4.78, 5) is 38.8. The number of hydrogen-bond donors (Lipinski definition) is 4. The normalized spacial score (nSPS) is 11.9. The molecule has 0 unspecified atom stereocenters. The van der Waals surface area contributed by atoms with Crippen molar-refractivity contribution in [2.75, 3.05) is 0 Å². The van der Waals surface area contributed by atoms with Gasteiger partial charge in [-0.3, -0.25) is 14.4 Å². The number of benzene rings is 4. The molecule has 0 aliphatic carbocycles. The van der Waals surface area contributed by atoms with Gasteiger partial charge in [-0.2, -0.15) is 0 Å². The molecule has 40 heavy (non-hydrogen) atoms. The number of unbranched alkanes of at least 4 members (excludes halogenated alkanes) is 2. The molecule has 0 spiro atoms. The highest BCUT2D eigenvalue weighted by atomic mass is 16.6. The number of aromatic hydroxyl groups is 1. The second-order valence-corrected chi connectivity index (χ2v) is 9.78. The van der Waals surface area contributed by atoms with Crippen LogP contribution < -0.4 is 10.8 Å². The largest absolute Gasteiger partial charge is 0.508 e. The zero-order chi connectivity index (χ0) is 27.7. The lowest BCUT2D eigenvalue weighted by atomic mass is 10.1. The van der Waals surface area contributed by atoms with Gasteiger partial charge in [0.2, 0.25) is 5.91 Å². The third-order valence-electron chi connectivity index (χ3n) is 6.82. The molecule has 5 rings (SSSR count). The number of rotatable bonds is 12. The zero-order valence-corrected chi connectivity index (χ0v) is 22.1. The number of fused-ring (bicyclic) bond motifs is 3. The van der Waals surface area contributed by atoms with Crippen LogP contribution >= 0.6 is 0 Å². The number of aromatic amines is 1. The van der Waals surface area contributed by atoms with Crippen molar-refractivity contribution in [2.45, 2.75) is 44.8 Å². The van der Waals surface area contributed by atoms with Crippen molar-refractivity contribution in [3.8, 4) is 5.75 Å². The number of imidazole rings is 1. The van der Waals surface area contributed by atoms with Gasteiger partial charge in [-0.05, 0) is 54.1 Å². The molecule has 4 N–H and O–H groups in total. The summed E-state index contributed by atoms with van der Waals surface area (Å²) in [5, 5.41) is 14.8. The van der Waals surface area contributed by atoms with Crippen LogP contribution in [0.1, 0.15) is 59.9 Å². The van der Waals surface area contributed by atoms with Crippen LogP contribution in [-0.4, -0.2) is 26.9 Å². The SMILES string of the molecule is O=C(CCCCC[C@H](NC(=O)c1ccc(O)cc1)c1nc2c(ccc3ccccc32)[nH]1)NOCc1ccccc1. The maximum absolute atomic E-state index is 13.0. The third kappa shape index (κ3) is 6.84. The molecule has 8 nitrogen and oxygen atoms in total. The molecule has 0 radical (unpaired) electrons. The summed E-state index contributed by atoms with van der Waals surface area (Å²) in [6.45, 7) is 0.321. The number of nitrogens with zero attached hydrogens (tertiary/aromatic N) is 1. The first-order valence-electron chi connectivity index (χ1n) is 13.5. The Hall–Kier alpha value is -4.69. The molecule has 5 aromatic rings. The number of amides is 2. The number of carbonyl (C=O) groups is 2. The second-order valence-electron chi connectivity index (χ2n) is 9.78. The number of hydroxylamine groups is 1. The minimum absolute atomic E-state index is 0.103. The average molecular weight is 537 g/mol. The minimum atomic E-state index is -0.351. The Bertz CT molecular complexity index is 1580. The van der Waals surface area contributed by atoms with Gasteiger partial charge in [0, 0.05) is 17.4 Å². The number of carbonyl (C=O) groups excluding carboxylic acids is 2. The second kappa shape index (κ2) is 12.9. The Labute approximate surface area is 232 Å². The number of H-pyrrole nitrogens is 1. The van der Waals surface area contributed by atoms with Crippen LogP contribution in [0.25, 0.3) is 21.8 Å². The lowest BCUT2D eigenvalue weighted by Gasteiger charge is -2.17. The lowest BCUT2D eigenvalue weighted by molar-refractivity contribution is -0.134. The summed E-state index contributed by atoms with van der Waals surface area (Å²) in [6, 6.07) is 27.6. The van der Waals surface area contributed by atoms with Crippen molar-refractivity contribution in [3.63, 3.8) is 0 Å². The van der Waals surface area contributed by atoms with Gasteiger partial charge in [0.15, 0.2) is 0 Å². The number of phenolic OH excluding ortho intramolecular Hbond substituents is 1. The van der Waals surface area contributed by atoms with E-state index in [4.69, 9.17) is 9.82 Å². The lowest BCUT2D eigenvalue weighted by Crippen LogP contribution is -2.29. The first-order chi connectivity index (χ1) is 19.6. The highest BCUT2D eigenvalue weighted by Gasteiger charge is 2.20. The van der Waals surface area contributed by atoms with E-state index in [0.717, 1.165) is 40.2 Å². The molecule has 204 valence electrons. The molecule has 0 bridgehead atoms. The molecule has 0 aliphatic heterocycles. The molecule has 1 aromatic heterocycles. The minimum Gasteiger partial charge on any atom is -0.508 e. The fourth-order valence-electron chi connectivity index (χ4n) is 4.70. The van der Waals surface area contributed by atoms with Crippen LogP contribution in [0.3, 0.4) is 0 Å². The summed E-state index contributed by atoms with van der Waals surface area (Å²) in [7, 11) is 0. The van der Waals surface area contributed by atoms with Gasteiger partial charge in [0.05, 0.1) is 23.7 Å². The van der Waals surface area contributed by atoms with Crippen LogP contribution in [0.4, 0.5) is 0 Å². The van der Waals surface area contributed by atoms with E-state index in [2.05, 4.69) is 27.9 Å². The molecule has 2 amide bonds. The summed E-state index contributed by atoms with van der Waals surface area (Å²) in [5.41, 5.74) is 5.72. The maximum atomic E-state index is 13.0. The van der Waals surface area contributed by atoms with Crippen LogP contribution in [0.5, 0.6) is 5.75 Å². The predicted molar refractivity (Wildman–Crippen MR) is 154 cm³/mol. The molecule has 0 fully saturated rings. The molecule has 1 heterocycles. The van der Waals surface area contributed by atoms with E-state index in [9.17, 15) is 14.7 Å². The number of phenols is 1. The molecule has 0 aliphatic rings. The number of aromatic nitrogens is 2. The highest BCUT2D eigenvalue weighted by Crippen LogP contribution is 2.27. The van der Waals surface area contributed by atoms with Crippen LogP contribution in [0.15, 0.2) is 91.0 Å². The van der Waals surface area contributed by atoms with Gasteiger partial charge in [0.1, 0.15) is 11.6 Å². The molecule has 8 heteroatoms. The van der Waals surface area contributed by atoms with Gasteiger partial charge < -0.3 is 15.4 Å². The van der Waals surface area contributed by atoms with E-state index in [1.54, 1.807) is 12.1 Å². The summed E-state index contributed by atoms with van der Waals surface area (Å²) in [6.07, 6.45) is 3.30. The number of nitrogens with one attached hydrogen (secondary N) is 3. The van der Waals surface area contributed by atoms with Gasteiger partial charge in [-0.15, -0.1) is 0 Å². The van der Waals surface area contributed by atoms with Gasteiger partial charge >= 0.3 is 0 Å². The average Bonchev–Trinajstić information content (AvgIpc) is 3.42. The molecular weight excluding hydrogens is 504 g/mol.